The minimum Gasteiger partial charge on any atom is -0.371 e. The summed E-state index contributed by atoms with van der Waals surface area (Å²) in [5.41, 5.74) is 0. The molecule has 0 aromatic heterocycles. The molecule has 132 valence electrons. The Balaban J connectivity index is 2.92. The number of unbranched alkanes of at least 4 members (excludes halogenated alkanes) is 15. The van der Waals surface area contributed by atoms with Crippen LogP contribution in [0, 0.1) is 0 Å². The molecule has 0 unspecified atom stereocenters. The lowest BCUT2D eigenvalue weighted by atomic mass is 10.0. The van der Waals surface area contributed by atoms with Crippen molar-refractivity contribution in [2.45, 2.75) is 103 Å². The SMILES string of the molecule is O=CCCCCCCCCCCCCCCCCCOCS. The quantitative estimate of drug-likeness (QED) is 0.130. The minimum atomic E-state index is 0.556. The van der Waals surface area contributed by atoms with Crippen LogP contribution in [-0.2, 0) is 9.53 Å². The van der Waals surface area contributed by atoms with Crippen LogP contribution in [0.4, 0.5) is 0 Å². The lowest BCUT2D eigenvalue weighted by Crippen LogP contribution is -1.91. The van der Waals surface area contributed by atoms with E-state index >= 15 is 0 Å². The second-order valence-corrected chi connectivity index (χ2v) is 6.55. The molecule has 0 saturated heterocycles. The summed E-state index contributed by atoms with van der Waals surface area (Å²) < 4.78 is 5.21. The second-order valence-electron chi connectivity index (χ2n) is 6.30. The standard InChI is InChI=1S/C19H38O2S/c20-17-15-13-11-9-7-5-3-1-2-4-6-8-10-12-14-16-18-21-19-22/h17,22H,1-16,18-19H2. The summed E-state index contributed by atoms with van der Waals surface area (Å²) in [6, 6.07) is 0. The van der Waals surface area contributed by atoms with E-state index in [1.54, 1.807) is 0 Å². The van der Waals surface area contributed by atoms with Crippen LogP contribution in [0.2, 0.25) is 0 Å². The molecule has 0 bridgehead atoms. The monoisotopic (exact) mass is 330 g/mol. The van der Waals surface area contributed by atoms with E-state index in [1.165, 1.54) is 89.9 Å². The highest BCUT2D eigenvalue weighted by Crippen LogP contribution is 2.13. The number of carbonyl (C=O) groups is 1. The normalized spacial score (nSPS) is 11.0. The molecule has 0 aromatic carbocycles. The third-order valence-corrected chi connectivity index (χ3v) is 4.38. The van der Waals surface area contributed by atoms with Crippen molar-refractivity contribution >= 4 is 18.9 Å². The highest BCUT2D eigenvalue weighted by atomic mass is 32.1. The summed E-state index contributed by atoms with van der Waals surface area (Å²) >= 11 is 4.02. The molecular weight excluding hydrogens is 292 g/mol. The maximum absolute atomic E-state index is 10.2. The highest BCUT2D eigenvalue weighted by Gasteiger charge is 1.94. The molecule has 0 saturated carbocycles. The molecule has 0 aliphatic carbocycles. The molecule has 0 atom stereocenters. The minimum absolute atomic E-state index is 0.556. The van der Waals surface area contributed by atoms with Crippen LogP contribution < -0.4 is 0 Å². The number of hydrogen-bond donors (Lipinski definition) is 1. The maximum Gasteiger partial charge on any atom is 0.119 e. The van der Waals surface area contributed by atoms with E-state index in [-0.39, 0.29) is 0 Å². The predicted octanol–water partition coefficient (Wildman–Crippen LogP) is 6.33. The molecule has 0 aromatic rings. The summed E-state index contributed by atoms with van der Waals surface area (Å²) in [6.45, 7) is 0.876. The Kier molecular flexibility index (Phi) is 21.0. The van der Waals surface area contributed by atoms with E-state index in [1.807, 2.05) is 0 Å². The van der Waals surface area contributed by atoms with Gasteiger partial charge in [0.15, 0.2) is 0 Å². The van der Waals surface area contributed by atoms with Crippen LogP contribution in [0.15, 0.2) is 0 Å². The Bertz CT molecular complexity index is 210. The van der Waals surface area contributed by atoms with Crippen molar-refractivity contribution in [3.8, 4) is 0 Å². The summed E-state index contributed by atoms with van der Waals surface area (Å²) in [5.74, 6) is 0.556. The van der Waals surface area contributed by atoms with Crippen LogP contribution in [0.3, 0.4) is 0 Å². The van der Waals surface area contributed by atoms with Crippen molar-refractivity contribution in [3.05, 3.63) is 0 Å². The van der Waals surface area contributed by atoms with Crippen molar-refractivity contribution in [2.24, 2.45) is 0 Å². The lowest BCUT2D eigenvalue weighted by molar-refractivity contribution is -0.107. The van der Waals surface area contributed by atoms with Gasteiger partial charge in [-0.15, -0.1) is 0 Å². The molecule has 0 spiro atoms. The van der Waals surface area contributed by atoms with E-state index in [0.29, 0.717) is 5.94 Å². The molecule has 0 amide bonds. The molecule has 0 aliphatic heterocycles. The third-order valence-electron chi connectivity index (χ3n) is 4.20. The predicted molar refractivity (Wildman–Crippen MR) is 99.7 cm³/mol. The zero-order valence-electron chi connectivity index (χ0n) is 14.6. The Labute approximate surface area is 144 Å². The van der Waals surface area contributed by atoms with Crippen LogP contribution in [-0.4, -0.2) is 18.8 Å². The Morgan fingerprint density at radius 3 is 1.32 bits per heavy atom. The van der Waals surface area contributed by atoms with Crippen molar-refractivity contribution in [3.63, 3.8) is 0 Å². The van der Waals surface area contributed by atoms with Gasteiger partial charge in [0.25, 0.3) is 0 Å². The van der Waals surface area contributed by atoms with Gasteiger partial charge in [-0.05, 0) is 12.8 Å². The smallest absolute Gasteiger partial charge is 0.119 e. The number of hydrogen-bond acceptors (Lipinski definition) is 3. The van der Waals surface area contributed by atoms with Crippen LogP contribution in [0.1, 0.15) is 103 Å². The third kappa shape index (κ3) is 20.0. The summed E-state index contributed by atoms with van der Waals surface area (Å²) in [5, 5.41) is 0. The van der Waals surface area contributed by atoms with Crippen molar-refractivity contribution in [2.75, 3.05) is 12.5 Å². The van der Waals surface area contributed by atoms with Gasteiger partial charge in [0, 0.05) is 13.0 Å². The number of thiol groups is 1. The molecule has 0 heterocycles. The van der Waals surface area contributed by atoms with Gasteiger partial charge in [-0.1, -0.05) is 83.5 Å². The molecular formula is C19H38O2S. The number of rotatable bonds is 19. The van der Waals surface area contributed by atoms with E-state index in [4.69, 9.17) is 4.74 Å². The van der Waals surface area contributed by atoms with Gasteiger partial charge in [0.1, 0.15) is 6.29 Å². The van der Waals surface area contributed by atoms with Gasteiger partial charge in [-0.2, -0.15) is 12.6 Å². The molecule has 2 nitrogen and oxygen atoms in total. The van der Waals surface area contributed by atoms with Gasteiger partial charge >= 0.3 is 0 Å². The Morgan fingerprint density at radius 1 is 0.591 bits per heavy atom. The fraction of sp³-hybridized carbons (Fsp3) is 0.947. The Hall–Kier alpha value is -0.0200. The molecule has 22 heavy (non-hydrogen) atoms. The van der Waals surface area contributed by atoms with Crippen molar-refractivity contribution in [1.82, 2.24) is 0 Å². The van der Waals surface area contributed by atoms with Crippen molar-refractivity contribution in [1.29, 1.82) is 0 Å². The largest absolute Gasteiger partial charge is 0.371 e. The summed E-state index contributed by atoms with van der Waals surface area (Å²) in [6.07, 6.45) is 21.9. The fourth-order valence-electron chi connectivity index (χ4n) is 2.79. The average molecular weight is 331 g/mol. The molecule has 0 rings (SSSR count). The van der Waals surface area contributed by atoms with E-state index in [2.05, 4.69) is 12.6 Å². The first kappa shape index (κ1) is 22.0. The zero-order chi connectivity index (χ0) is 16.1. The topological polar surface area (TPSA) is 26.3 Å². The van der Waals surface area contributed by atoms with E-state index in [0.717, 1.165) is 25.7 Å². The van der Waals surface area contributed by atoms with Crippen LogP contribution in [0.25, 0.3) is 0 Å². The van der Waals surface area contributed by atoms with Gasteiger partial charge in [-0.3, -0.25) is 0 Å². The molecule has 0 fully saturated rings. The molecule has 0 aliphatic rings. The molecule has 0 radical (unpaired) electrons. The number of ether oxygens (including phenoxy) is 1. The van der Waals surface area contributed by atoms with Crippen molar-refractivity contribution < 1.29 is 9.53 Å². The first-order valence-corrected chi connectivity index (χ1v) is 10.2. The summed E-state index contributed by atoms with van der Waals surface area (Å²) in [4.78, 5) is 10.2. The summed E-state index contributed by atoms with van der Waals surface area (Å²) in [7, 11) is 0. The van der Waals surface area contributed by atoms with E-state index in [9.17, 15) is 4.79 Å². The first-order chi connectivity index (χ1) is 10.9. The zero-order valence-corrected chi connectivity index (χ0v) is 15.5. The van der Waals surface area contributed by atoms with Crippen LogP contribution in [0.5, 0.6) is 0 Å². The molecule has 3 heteroatoms. The highest BCUT2D eigenvalue weighted by molar-refractivity contribution is 7.80. The number of carbonyl (C=O) groups excluding carboxylic acids is 1. The van der Waals surface area contributed by atoms with E-state index < -0.39 is 0 Å². The maximum atomic E-state index is 10.2. The average Bonchev–Trinajstić information content (AvgIpc) is 2.54. The van der Waals surface area contributed by atoms with Gasteiger partial charge in [-0.25, -0.2) is 0 Å². The number of aldehydes is 1. The second kappa shape index (κ2) is 21.0. The Morgan fingerprint density at radius 2 is 0.955 bits per heavy atom. The van der Waals surface area contributed by atoms with Gasteiger partial charge < -0.3 is 9.53 Å². The lowest BCUT2D eigenvalue weighted by Gasteiger charge is -2.03. The molecule has 0 N–H and O–H groups in total. The van der Waals surface area contributed by atoms with Crippen LogP contribution >= 0.6 is 12.6 Å². The van der Waals surface area contributed by atoms with Gasteiger partial charge in [0.2, 0.25) is 0 Å². The first-order valence-electron chi connectivity index (χ1n) is 9.54. The van der Waals surface area contributed by atoms with Gasteiger partial charge in [0.05, 0.1) is 5.94 Å². The fourth-order valence-corrected chi connectivity index (χ4v) is 2.92.